The van der Waals surface area contributed by atoms with E-state index in [0.29, 0.717) is 18.9 Å². The Hall–Kier alpha value is -7.22. The molecule has 20 nitrogen and oxygen atoms in total. The Bertz CT molecular complexity index is 3920. The molecule has 0 aliphatic carbocycles. The number of anilines is 5. The fourth-order valence-corrected chi connectivity index (χ4v) is 13.7. The number of thiophene rings is 3. The van der Waals surface area contributed by atoms with Gasteiger partial charge < -0.3 is 36.5 Å². The van der Waals surface area contributed by atoms with Gasteiger partial charge in [0.05, 0.1) is 86.1 Å². The second kappa shape index (κ2) is 24.3. The van der Waals surface area contributed by atoms with Crippen molar-refractivity contribution in [2.24, 2.45) is 14.1 Å². The molecule has 0 aromatic carbocycles. The highest BCUT2D eigenvalue weighted by Crippen LogP contribution is 2.42. The van der Waals surface area contributed by atoms with Crippen LogP contribution in [0.5, 0.6) is 0 Å². The van der Waals surface area contributed by atoms with Gasteiger partial charge >= 0.3 is 0 Å². The van der Waals surface area contributed by atoms with Gasteiger partial charge in [-0.2, -0.15) is 25.5 Å². The van der Waals surface area contributed by atoms with Crippen LogP contribution < -0.4 is 27.0 Å². The third-order valence-electron chi connectivity index (χ3n) is 13.4. The summed E-state index contributed by atoms with van der Waals surface area (Å²) in [4.78, 5) is 17.5. The zero-order valence-electron chi connectivity index (χ0n) is 47.3. The summed E-state index contributed by atoms with van der Waals surface area (Å²) in [5.74, 6) is 2.24. The normalized spacial score (nSPS) is 15.8. The molecule has 13 heterocycles. The van der Waals surface area contributed by atoms with Gasteiger partial charge in [-0.3, -0.25) is 14.5 Å². The largest absolute Gasteiger partial charge is 0.384 e. The van der Waals surface area contributed by atoms with Crippen LogP contribution in [-0.4, -0.2) is 88.6 Å². The summed E-state index contributed by atoms with van der Waals surface area (Å²) in [5.41, 5.74) is 16.1. The number of hydrogen-bond donors (Lipinski definition) is 6. The molecule has 0 bridgehead atoms. The predicted octanol–water partition coefficient (Wildman–Crippen LogP) is 13.9. The van der Waals surface area contributed by atoms with Crippen molar-refractivity contribution < 1.29 is 9.47 Å². The lowest BCUT2D eigenvalue weighted by Crippen LogP contribution is -2.26. The Balaban J connectivity index is 0.000000131. The van der Waals surface area contributed by atoms with Gasteiger partial charge in [0.15, 0.2) is 12.5 Å². The minimum absolute atomic E-state index is 0.00298. The van der Waals surface area contributed by atoms with Crippen molar-refractivity contribution >= 4 is 109 Å². The van der Waals surface area contributed by atoms with Gasteiger partial charge in [-0.25, -0.2) is 24.3 Å². The van der Waals surface area contributed by atoms with Gasteiger partial charge in [-0.15, -0.1) is 34.0 Å². The van der Waals surface area contributed by atoms with Gasteiger partial charge in [0.25, 0.3) is 0 Å². The zero-order chi connectivity index (χ0) is 57.1. The maximum atomic E-state index is 6.01. The van der Waals surface area contributed by atoms with Crippen molar-refractivity contribution in [1.29, 1.82) is 0 Å². The number of aromatic amines is 1. The Kier molecular flexibility index (Phi) is 16.8. The molecule has 7 N–H and O–H groups in total. The molecule has 2 aliphatic heterocycles. The number of aryl methyl sites for hydroxylation is 2. The lowest BCUT2D eigenvalue weighted by Gasteiger charge is -2.24. The highest BCUT2D eigenvalue weighted by Gasteiger charge is 2.24. The van der Waals surface area contributed by atoms with E-state index >= 15 is 0 Å². The number of aromatic nitrogens is 13. The SMILES string of the molecule is CC(C)(C)Nc1cc(Br)c2sc(-c3ccnn3C3CCCCO3)cc2n1.Cn1cc(CNc2cc(N)nc3cc(-c4ccn[nH]4)sc23)cn1.Cn1cc(CNc2cc(NC(C)(C)C)nc3cc(-c4ccnn4C4CCCCO4)sc23)cn1. The van der Waals surface area contributed by atoms with Crippen molar-refractivity contribution in [3.05, 3.63) is 114 Å². The molecule has 2 aliphatic rings. The van der Waals surface area contributed by atoms with Crippen LogP contribution in [0.4, 0.5) is 28.8 Å². The smallest absolute Gasteiger partial charge is 0.150 e. The van der Waals surface area contributed by atoms with E-state index < -0.39 is 0 Å². The van der Waals surface area contributed by atoms with E-state index in [1.807, 2.05) is 83.5 Å². The minimum Gasteiger partial charge on any atom is -0.384 e. The highest BCUT2D eigenvalue weighted by atomic mass is 79.9. The molecule has 11 aromatic rings. The number of ether oxygens (including phenoxy) is 2. The lowest BCUT2D eigenvalue weighted by molar-refractivity contribution is -0.0384. The average molecular weight is 1230 g/mol. The van der Waals surface area contributed by atoms with Crippen LogP contribution in [0.1, 0.15) is 104 Å². The van der Waals surface area contributed by atoms with E-state index in [1.165, 1.54) is 12.8 Å². The van der Waals surface area contributed by atoms with E-state index in [0.717, 1.165) is 140 Å². The van der Waals surface area contributed by atoms with E-state index in [4.69, 9.17) is 25.2 Å². The third kappa shape index (κ3) is 13.6. The molecule has 2 atom stereocenters. The Morgan fingerprint density at radius 3 is 1.61 bits per heavy atom. The molecule has 428 valence electrons. The van der Waals surface area contributed by atoms with Crippen LogP contribution in [-0.2, 0) is 36.7 Å². The van der Waals surface area contributed by atoms with Crippen LogP contribution in [0.3, 0.4) is 0 Å². The van der Waals surface area contributed by atoms with Crippen LogP contribution in [0.25, 0.3) is 62.4 Å². The van der Waals surface area contributed by atoms with Gasteiger partial charge in [-0.05, 0) is 138 Å². The first-order valence-electron chi connectivity index (χ1n) is 27.5. The average Bonchev–Trinajstić information content (AvgIpc) is 4.43. The topological polar surface area (TPSA) is 231 Å². The number of halogens is 1. The molecule has 0 amide bonds. The second-order valence-electron chi connectivity index (χ2n) is 22.6. The molecule has 0 radical (unpaired) electrons. The van der Waals surface area contributed by atoms with Crippen LogP contribution in [0.15, 0.2) is 102 Å². The van der Waals surface area contributed by atoms with Crippen molar-refractivity contribution in [3.8, 4) is 31.7 Å². The summed E-state index contributed by atoms with van der Waals surface area (Å²) in [6, 6.07) is 18.4. The number of nitrogens with two attached hydrogens (primary N) is 1. The van der Waals surface area contributed by atoms with Gasteiger partial charge in [0.2, 0.25) is 0 Å². The van der Waals surface area contributed by atoms with Crippen LogP contribution >= 0.6 is 49.9 Å². The summed E-state index contributed by atoms with van der Waals surface area (Å²) in [6.07, 6.45) is 19.9. The number of rotatable bonds is 13. The Morgan fingerprint density at radius 1 is 0.610 bits per heavy atom. The highest BCUT2D eigenvalue weighted by molar-refractivity contribution is 9.10. The number of pyridine rings is 3. The zero-order valence-corrected chi connectivity index (χ0v) is 51.4. The lowest BCUT2D eigenvalue weighted by atomic mass is 10.1. The summed E-state index contributed by atoms with van der Waals surface area (Å²) in [7, 11) is 3.84. The van der Waals surface area contributed by atoms with Crippen LogP contribution in [0, 0.1) is 0 Å². The van der Waals surface area contributed by atoms with E-state index in [2.05, 4.69) is 151 Å². The molecule has 0 saturated carbocycles. The summed E-state index contributed by atoms with van der Waals surface area (Å²) in [5, 5.41) is 38.6. The molecule has 82 heavy (non-hydrogen) atoms. The Labute approximate surface area is 496 Å². The first-order valence-corrected chi connectivity index (χ1v) is 30.7. The number of nitrogens with one attached hydrogen (secondary N) is 5. The number of hydrogen-bond acceptors (Lipinski definition) is 18. The summed E-state index contributed by atoms with van der Waals surface area (Å²) < 4.78 is 24.0. The van der Waals surface area contributed by atoms with E-state index in [-0.39, 0.29) is 23.5 Å². The van der Waals surface area contributed by atoms with E-state index in [9.17, 15) is 0 Å². The molecule has 11 aromatic heterocycles. The Morgan fingerprint density at radius 2 is 1.11 bits per heavy atom. The third-order valence-corrected chi connectivity index (χ3v) is 17.8. The molecule has 13 rings (SSSR count). The van der Waals surface area contributed by atoms with Crippen molar-refractivity contribution in [2.45, 2.75) is 117 Å². The number of nitrogen functional groups attached to an aromatic ring is 1. The molecular weight excluding hydrogens is 1160 g/mol. The monoisotopic (exact) mass is 1220 g/mol. The van der Waals surface area contributed by atoms with Crippen molar-refractivity contribution in [3.63, 3.8) is 0 Å². The standard InChI is InChI=1S/C24H31N7OS.C19H23BrN4OS.C15H15N7S/c1-24(2,3)29-21-12-17(25-13-16-14-27-30(4)15-16)23-18(28-21)11-20(33-23)19-8-9-26-31(19)22-7-5-6-10-32-22;1-19(2,3)23-16-10-12(20)18-13(22-16)11-15(26-18)14-7-8-21-24(14)17-6-4-5-9-25-17;1-22-8-9(7-19-22)6-17-11-5-14(16)20-12-4-13(23-15(11)12)10-2-3-18-21-10/h8-9,11-12,14-15,22H,5-7,10,13H2,1-4H3,(H2,25,28,29);7-8,10-11,17H,4-6,9H2,1-3H3,(H,22,23);2-5,7-8H,6H2,1H3,(H,18,21)(H3,16,17,20). The van der Waals surface area contributed by atoms with Gasteiger partial charge in [0, 0.05) is 110 Å². The maximum Gasteiger partial charge on any atom is 0.150 e. The second-order valence-corrected chi connectivity index (χ2v) is 26.6. The number of fused-ring (bicyclic) bond motifs is 3. The molecule has 0 spiro atoms. The quantitative estimate of drug-likeness (QED) is 0.0630. The van der Waals surface area contributed by atoms with Gasteiger partial charge in [-0.1, -0.05) is 0 Å². The summed E-state index contributed by atoms with van der Waals surface area (Å²) >= 11 is 8.84. The fraction of sp³-hybridized carbons (Fsp3) is 0.379. The first kappa shape index (κ1) is 56.6. The molecule has 2 unspecified atom stereocenters. The van der Waals surface area contributed by atoms with E-state index in [1.54, 1.807) is 44.9 Å². The molecular formula is C58H69BrN18O2S3. The molecule has 2 saturated heterocycles. The summed E-state index contributed by atoms with van der Waals surface area (Å²) in [6.45, 7) is 15.8. The van der Waals surface area contributed by atoms with Crippen molar-refractivity contribution in [1.82, 2.24) is 64.3 Å². The fourth-order valence-electron chi connectivity index (χ4n) is 9.82. The van der Waals surface area contributed by atoms with Gasteiger partial charge in [0.1, 0.15) is 17.5 Å². The molecule has 24 heteroatoms. The predicted molar refractivity (Wildman–Crippen MR) is 336 cm³/mol. The van der Waals surface area contributed by atoms with Crippen molar-refractivity contribution in [2.75, 3.05) is 40.2 Å². The number of H-pyrrole nitrogens is 1. The maximum absolute atomic E-state index is 6.01. The first-order chi connectivity index (χ1) is 39.4. The minimum atomic E-state index is -0.0862. The van der Waals surface area contributed by atoms with Crippen LogP contribution in [0.2, 0.25) is 0 Å². The number of nitrogens with zero attached hydrogens (tertiary/aromatic N) is 12. The molecule has 2 fully saturated rings.